The Labute approximate surface area is 105 Å². The maximum absolute atomic E-state index is 11.4. The zero-order valence-corrected chi connectivity index (χ0v) is 10.5. The Balaban J connectivity index is 3.21. The molecule has 5 N–H and O–H groups in total. The normalized spacial score (nSPS) is 27.8. The summed E-state index contributed by atoms with van der Waals surface area (Å²) in [6, 6.07) is -0.933. The van der Waals surface area contributed by atoms with Crippen molar-refractivity contribution in [3.8, 4) is 12.3 Å². The molecule has 0 saturated carbocycles. The summed E-state index contributed by atoms with van der Waals surface area (Å²) >= 11 is 0. The van der Waals surface area contributed by atoms with E-state index < -0.39 is 30.4 Å². The molecule has 1 fully saturated rings. The molecular weight excluding hydrogens is 240 g/mol. The summed E-state index contributed by atoms with van der Waals surface area (Å²) in [4.78, 5) is 12.3. The summed E-state index contributed by atoms with van der Waals surface area (Å²) in [6.45, 7) is 0. The second-order valence-corrected chi connectivity index (χ2v) is 3.73. The molecule has 3 atom stereocenters. The summed E-state index contributed by atoms with van der Waals surface area (Å²) in [7, 11) is 4.65. The van der Waals surface area contributed by atoms with Crippen LogP contribution >= 0.6 is 0 Å². The van der Waals surface area contributed by atoms with Crippen LogP contribution in [-0.2, 0) is 4.74 Å². The van der Waals surface area contributed by atoms with Crippen molar-refractivity contribution in [3.05, 3.63) is 0 Å². The summed E-state index contributed by atoms with van der Waals surface area (Å²) in [6.07, 6.45) is 1.86. The number of aliphatic hydroxyl groups excluding tert-OH is 1. The molecule has 0 aliphatic carbocycles. The molecule has 0 unspecified atom stereocenters. The standard InChI is InChI=1S/C10H18N4O4/c1-5-6(15)7-8(11-2)18-10(12-3,13-4)14(7)9(16)17/h1,6-8,11-13,15H,2-4H3,(H,16,17)/t6-,7-,8-/m1/s1. The molecular formula is C10H18N4O4. The Morgan fingerprint density at radius 2 is 2.06 bits per heavy atom. The number of carbonyl (C=O) groups is 1. The summed E-state index contributed by atoms with van der Waals surface area (Å²) < 4.78 is 5.56. The molecule has 8 nitrogen and oxygen atoms in total. The number of terminal acetylenes is 1. The molecule has 0 radical (unpaired) electrons. The Hall–Kier alpha value is -1.37. The van der Waals surface area contributed by atoms with Crippen molar-refractivity contribution < 1.29 is 19.7 Å². The number of aliphatic hydroxyl groups is 1. The predicted molar refractivity (Wildman–Crippen MR) is 63.3 cm³/mol. The molecule has 1 aliphatic heterocycles. The number of carboxylic acid groups (broad SMARTS) is 1. The summed E-state index contributed by atoms with van der Waals surface area (Å²) in [5.74, 6) is 0.675. The Morgan fingerprint density at radius 3 is 2.39 bits per heavy atom. The van der Waals surface area contributed by atoms with Crippen molar-refractivity contribution in [1.29, 1.82) is 0 Å². The average molecular weight is 258 g/mol. The number of ether oxygens (including phenoxy) is 1. The number of rotatable bonds is 4. The third kappa shape index (κ3) is 2.14. The van der Waals surface area contributed by atoms with E-state index in [-0.39, 0.29) is 0 Å². The Kier molecular flexibility index (Phi) is 4.50. The van der Waals surface area contributed by atoms with E-state index in [0.29, 0.717) is 0 Å². The van der Waals surface area contributed by atoms with E-state index in [0.717, 1.165) is 4.90 Å². The van der Waals surface area contributed by atoms with Crippen LogP contribution < -0.4 is 16.0 Å². The van der Waals surface area contributed by atoms with Crippen molar-refractivity contribution >= 4 is 6.09 Å². The fraction of sp³-hybridized carbons (Fsp3) is 0.700. The molecule has 1 rings (SSSR count). The number of amides is 1. The van der Waals surface area contributed by atoms with E-state index >= 15 is 0 Å². The molecule has 0 bridgehead atoms. The van der Waals surface area contributed by atoms with Crippen molar-refractivity contribution in [2.75, 3.05) is 21.1 Å². The van der Waals surface area contributed by atoms with Gasteiger partial charge in [-0.05, 0) is 21.1 Å². The third-order valence-electron chi connectivity index (χ3n) is 2.91. The molecule has 0 aromatic heterocycles. The zero-order chi connectivity index (χ0) is 13.9. The first-order valence-electron chi connectivity index (χ1n) is 5.36. The molecule has 0 aromatic rings. The molecule has 0 aromatic carbocycles. The molecule has 1 amide bonds. The zero-order valence-electron chi connectivity index (χ0n) is 10.5. The maximum Gasteiger partial charge on any atom is 0.412 e. The van der Waals surface area contributed by atoms with Crippen LogP contribution in [0.1, 0.15) is 0 Å². The van der Waals surface area contributed by atoms with Crippen molar-refractivity contribution in [2.45, 2.75) is 24.3 Å². The van der Waals surface area contributed by atoms with Gasteiger partial charge in [0.15, 0.2) is 0 Å². The molecule has 8 heteroatoms. The van der Waals surface area contributed by atoms with Crippen LogP contribution in [0.2, 0.25) is 0 Å². The van der Waals surface area contributed by atoms with Crippen molar-refractivity contribution in [3.63, 3.8) is 0 Å². The number of nitrogens with one attached hydrogen (secondary N) is 3. The van der Waals surface area contributed by atoms with Gasteiger partial charge < -0.3 is 14.9 Å². The van der Waals surface area contributed by atoms with Gasteiger partial charge in [0.05, 0.1) is 0 Å². The van der Waals surface area contributed by atoms with E-state index in [9.17, 15) is 15.0 Å². The van der Waals surface area contributed by atoms with E-state index in [1.165, 1.54) is 14.1 Å². The fourth-order valence-corrected chi connectivity index (χ4v) is 2.04. The van der Waals surface area contributed by atoms with Crippen LogP contribution in [0.4, 0.5) is 4.79 Å². The van der Waals surface area contributed by atoms with Crippen LogP contribution in [-0.4, -0.2) is 66.7 Å². The first kappa shape index (κ1) is 14.7. The average Bonchev–Trinajstić information content (AvgIpc) is 2.72. The van der Waals surface area contributed by atoms with Gasteiger partial charge in [-0.3, -0.25) is 16.0 Å². The van der Waals surface area contributed by atoms with E-state index in [1.54, 1.807) is 7.05 Å². The van der Waals surface area contributed by atoms with E-state index in [1.807, 2.05) is 0 Å². The molecule has 1 saturated heterocycles. The lowest BCUT2D eigenvalue weighted by Gasteiger charge is -2.36. The van der Waals surface area contributed by atoms with Gasteiger partial charge in [-0.15, -0.1) is 6.42 Å². The highest BCUT2D eigenvalue weighted by atomic mass is 16.6. The highest BCUT2D eigenvalue weighted by Gasteiger charge is 2.56. The molecule has 18 heavy (non-hydrogen) atoms. The van der Waals surface area contributed by atoms with E-state index in [4.69, 9.17) is 11.2 Å². The number of hydrogen-bond acceptors (Lipinski definition) is 6. The van der Waals surface area contributed by atoms with Crippen LogP contribution in [0.15, 0.2) is 0 Å². The minimum atomic E-state index is -1.44. The predicted octanol–water partition coefficient (Wildman–Crippen LogP) is -2.05. The van der Waals surface area contributed by atoms with Gasteiger partial charge >= 0.3 is 6.09 Å². The first-order chi connectivity index (χ1) is 8.47. The van der Waals surface area contributed by atoms with Gasteiger partial charge in [0.1, 0.15) is 18.4 Å². The first-order valence-corrected chi connectivity index (χ1v) is 5.36. The Morgan fingerprint density at radius 1 is 1.50 bits per heavy atom. The van der Waals surface area contributed by atoms with Crippen molar-refractivity contribution in [1.82, 2.24) is 20.9 Å². The topological polar surface area (TPSA) is 106 Å². The van der Waals surface area contributed by atoms with Crippen LogP contribution in [0.25, 0.3) is 0 Å². The van der Waals surface area contributed by atoms with Gasteiger partial charge in [-0.1, -0.05) is 5.92 Å². The third-order valence-corrected chi connectivity index (χ3v) is 2.91. The highest BCUT2D eigenvalue weighted by Crippen LogP contribution is 2.29. The van der Waals surface area contributed by atoms with Gasteiger partial charge in [0.2, 0.25) is 0 Å². The molecule has 102 valence electrons. The van der Waals surface area contributed by atoms with Gasteiger partial charge in [0.25, 0.3) is 5.97 Å². The van der Waals surface area contributed by atoms with Crippen LogP contribution in [0.5, 0.6) is 0 Å². The summed E-state index contributed by atoms with van der Waals surface area (Å²) in [5, 5.41) is 27.3. The molecule has 0 spiro atoms. The minimum absolute atomic E-state index is 0.743. The van der Waals surface area contributed by atoms with Gasteiger partial charge in [-0.2, -0.15) is 0 Å². The quantitative estimate of drug-likeness (QED) is 0.292. The van der Waals surface area contributed by atoms with Gasteiger partial charge in [0, 0.05) is 0 Å². The SMILES string of the molecule is C#C[C@@H](O)[C@@H]1[C@H](NC)OC(NC)(NC)N1C(=O)O. The fourth-order valence-electron chi connectivity index (χ4n) is 2.04. The maximum atomic E-state index is 11.4. The lowest BCUT2D eigenvalue weighted by atomic mass is 10.1. The second kappa shape index (κ2) is 5.51. The van der Waals surface area contributed by atoms with Gasteiger partial charge in [-0.25, -0.2) is 9.69 Å². The molecule has 1 aliphatic rings. The number of hydrogen-bond donors (Lipinski definition) is 5. The van der Waals surface area contributed by atoms with Crippen LogP contribution in [0, 0.1) is 12.3 Å². The lowest BCUT2D eigenvalue weighted by molar-refractivity contribution is -0.138. The Bertz CT molecular complexity index is 352. The summed E-state index contributed by atoms with van der Waals surface area (Å²) in [5.41, 5.74) is 0. The van der Waals surface area contributed by atoms with E-state index in [2.05, 4.69) is 21.9 Å². The smallest absolute Gasteiger partial charge is 0.412 e. The van der Waals surface area contributed by atoms with Crippen molar-refractivity contribution in [2.24, 2.45) is 0 Å². The molecule has 1 heterocycles. The number of likely N-dealkylation sites (N-methyl/N-ethyl adjacent to an activating group) is 1. The lowest BCUT2D eigenvalue weighted by Crippen LogP contribution is -2.67. The van der Waals surface area contributed by atoms with Crippen LogP contribution in [0.3, 0.4) is 0 Å². The minimum Gasteiger partial charge on any atom is -0.465 e. The highest BCUT2D eigenvalue weighted by molar-refractivity contribution is 5.67. The largest absolute Gasteiger partial charge is 0.465 e. The number of nitrogens with zero attached hydrogens (tertiary/aromatic N) is 1. The monoisotopic (exact) mass is 258 g/mol. The second-order valence-electron chi connectivity index (χ2n) is 3.73.